The van der Waals surface area contributed by atoms with Crippen molar-refractivity contribution >= 4 is 45.7 Å². The topological polar surface area (TPSA) is 43.8 Å². The van der Waals surface area contributed by atoms with Gasteiger partial charge in [-0.25, -0.2) is 0 Å². The van der Waals surface area contributed by atoms with Gasteiger partial charge in [0.15, 0.2) is 0 Å². The van der Waals surface area contributed by atoms with Crippen molar-refractivity contribution in [2.75, 3.05) is 36.8 Å². The van der Waals surface area contributed by atoms with Gasteiger partial charge in [0.2, 0.25) is 5.91 Å². The van der Waals surface area contributed by atoms with Gasteiger partial charge in [0.25, 0.3) is 0 Å². The molecule has 0 radical (unpaired) electrons. The maximum Gasteiger partial charge on any atom is 0.233 e. The number of aromatic hydroxyl groups is 1. The number of carbonyl (C=O) groups is 1. The lowest BCUT2D eigenvalue weighted by Crippen LogP contribution is -2.49. The number of anilines is 1. The third-order valence-electron chi connectivity index (χ3n) is 4.99. The van der Waals surface area contributed by atoms with Crippen molar-refractivity contribution in [3.8, 4) is 5.75 Å². The summed E-state index contributed by atoms with van der Waals surface area (Å²) in [7, 11) is 0. The summed E-state index contributed by atoms with van der Waals surface area (Å²) < 4.78 is 0. The first-order valence-electron chi connectivity index (χ1n) is 9.23. The molecule has 3 aromatic rings. The molecule has 0 atom stereocenters. The average molecular weight is 413 g/mol. The molecule has 1 aliphatic heterocycles. The molecule has 0 bridgehead atoms. The zero-order valence-corrected chi connectivity index (χ0v) is 16.9. The van der Waals surface area contributed by atoms with E-state index in [2.05, 4.69) is 4.90 Å². The minimum Gasteiger partial charge on any atom is -0.508 e. The summed E-state index contributed by atoms with van der Waals surface area (Å²) in [6, 6.07) is 19.2. The SMILES string of the molecule is O=C(CSc1cccc2cccc(Cl)c12)N1CCN(c2cccc(O)c2)CC1. The Morgan fingerprint density at radius 2 is 1.71 bits per heavy atom. The number of amides is 1. The number of hydrogen-bond donors (Lipinski definition) is 1. The third-order valence-corrected chi connectivity index (χ3v) is 6.35. The van der Waals surface area contributed by atoms with E-state index in [0.717, 1.165) is 34.4 Å². The Morgan fingerprint density at radius 3 is 2.46 bits per heavy atom. The Labute approximate surface area is 173 Å². The zero-order chi connectivity index (χ0) is 19.5. The average Bonchev–Trinajstić information content (AvgIpc) is 2.72. The number of nitrogens with zero attached hydrogens (tertiary/aromatic N) is 2. The molecule has 0 spiro atoms. The van der Waals surface area contributed by atoms with Crippen molar-refractivity contribution in [1.29, 1.82) is 0 Å². The summed E-state index contributed by atoms with van der Waals surface area (Å²) in [5.41, 5.74) is 0.992. The molecule has 28 heavy (non-hydrogen) atoms. The number of fused-ring (bicyclic) bond motifs is 1. The lowest BCUT2D eigenvalue weighted by atomic mass is 10.1. The van der Waals surface area contributed by atoms with Crippen LogP contribution in [0.1, 0.15) is 0 Å². The third kappa shape index (κ3) is 4.05. The van der Waals surface area contributed by atoms with Crippen molar-refractivity contribution in [3.63, 3.8) is 0 Å². The van der Waals surface area contributed by atoms with Crippen molar-refractivity contribution in [3.05, 3.63) is 65.7 Å². The molecule has 1 amide bonds. The fourth-order valence-electron chi connectivity index (χ4n) is 3.52. The Bertz CT molecular complexity index is 997. The van der Waals surface area contributed by atoms with Crippen LogP contribution in [0.3, 0.4) is 0 Å². The Hall–Kier alpha value is -2.37. The number of piperazine rings is 1. The second-order valence-electron chi connectivity index (χ2n) is 6.77. The number of benzene rings is 3. The van der Waals surface area contributed by atoms with Gasteiger partial charge in [-0.2, -0.15) is 0 Å². The van der Waals surface area contributed by atoms with E-state index in [9.17, 15) is 9.90 Å². The molecule has 1 saturated heterocycles. The van der Waals surface area contributed by atoms with Gasteiger partial charge in [0, 0.05) is 53.2 Å². The van der Waals surface area contributed by atoms with Crippen LogP contribution in [0.15, 0.2) is 65.6 Å². The van der Waals surface area contributed by atoms with E-state index in [4.69, 9.17) is 11.6 Å². The van der Waals surface area contributed by atoms with Crippen molar-refractivity contribution in [1.82, 2.24) is 4.90 Å². The van der Waals surface area contributed by atoms with Crippen LogP contribution in [-0.4, -0.2) is 47.8 Å². The summed E-state index contributed by atoms with van der Waals surface area (Å²) in [5.74, 6) is 0.807. The highest BCUT2D eigenvalue weighted by Crippen LogP contribution is 2.33. The molecular formula is C22H21ClN2O2S. The van der Waals surface area contributed by atoms with E-state index in [-0.39, 0.29) is 11.7 Å². The van der Waals surface area contributed by atoms with Crippen LogP contribution in [-0.2, 0) is 4.79 Å². The van der Waals surface area contributed by atoms with E-state index < -0.39 is 0 Å². The van der Waals surface area contributed by atoms with E-state index in [1.54, 1.807) is 23.9 Å². The molecule has 1 fully saturated rings. The quantitative estimate of drug-likeness (QED) is 0.634. The fourth-order valence-corrected chi connectivity index (χ4v) is 4.87. The second-order valence-corrected chi connectivity index (χ2v) is 8.19. The van der Waals surface area contributed by atoms with Gasteiger partial charge in [-0.3, -0.25) is 4.79 Å². The second kappa shape index (κ2) is 8.33. The van der Waals surface area contributed by atoms with Crippen molar-refractivity contribution in [2.24, 2.45) is 0 Å². The van der Waals surface area contributed by atoms with E-state index in [1.165, 1.54) is 0 Å². The molecule has 4 nitrogen and oxygen atoms in total. The van der Waals surface area contributed by atoms with Gasteiger partial charge in [0.1, 0.15) is 5.75 Å². The molecule has 1 N–H and O–H groups in total. The summed E-state index contributed by atoms with van der Waals surface area (Å²) >= 11 is 7.92. The molecule has 1 aliphatic rings. The summed E-state index contributed by atoms with van der Waals surface area (Å²) in [4.78, 5) is 17.9. The standard InChI is InChI=1S/C22H21ClN2O2S/c23-19-8-1-4-16-5-2-9-20(22(16)19)28-15-21(27)25-12-10-24(11-13-25)17-6-3-7-18(26)14-17/h1-9,14,26H,10-13,15H2. The van der Waals surface area contributed by atoms with E-state index in [1.807, 2.05) is 53.4 Å². The normalized spacial score (nSPS) is 14.5. The molecule has 144 valence electrons. The molecule has 3 aromatic carbocycles. The Morgan fingerprint density at radius 1 is 1.00 bits per heavy atom. The summed E-state index contributed by atoms with van der Waals surface area (Å²) in [5, 5.41) is 12.5. The molecule has 1 heterocycles. The first kappa shape index (κ1) is 19.0. The van der Waals surface area contributed by atoms with Crippen LogP contribution < -0.4 is 4.90 Å². The molecule has 4 rings (SSSR count). The van der Waals surface area contributed by atoms with Gasteiger partial charge in [-0.05, 0) is 29.7 Å². The lowest BCUT2D eigenvalue weighted by molar-refractivity contribution is -0.128. The highest BCUT2D eigenvalue weighted by molar-refractivity contribution is 8.00. The molecular weight excluding hydrogens is 392 g/mol. The van der Waals surface area contributed by atoms with Crippen molar-refractivity contribution in [2.45, 2.75) is 4.90 Å². The zero-order valence-electron chi connectivity index (χ0n) is 15.3. The number of halogens is 1. The molecule has 0 saturated carbocycles. The Kier molecular flexibility index (Phi) is 5.64. The predicted molar refractivity (Wildman–Crippen MR) is 117 cm³/mol. The lowest BCUT2D eigenvalue weighted by Gasteiger charge is -2.36. The highest BCUT2D eigenvalue weighted by atomic mass is 35.5. The number of hydrogen-bond acceptors (Lipinski definition) is 4. The van der Waals surface area contributed by atoms with Gasteiger partial charge in [-0.15, -0.1) is 11.8 Å². The van der Waals surface area contributed by atoms with Crippen LogP contribution in [0.5, 0.6) is 5.75 Å². The van der Waals surface area contributed by atoms with Crippen LogP contribution in [0.2, 0.25) is 5.02 Å². The summed E-state index contributed by atoms with van der Waals surface area (Å²) in [6.45, 7) is 2.90. The van der Waals surface area contributed by atoms with Gasteiger partial charge in [0.05, 0.1) is 5.75 Å². The fraction of sp³-hybridized carbons (Fsp3) is 0.227. The maximum absolute atomic E-state index is 12.7. The number of phenols is 1. The molecule has 0 aromatic heterocycles. The van der Waals surface area contributed by atoms with Gasteiger partial charge in [-0.1, -0.05) is 41.9 Å². The first-order chi connectivity index (χ1) is 13.6. The van der Waals surface area contributed by atoms with Crippen LogP contribution in [0, 0.1) is 0 Å². The molecule has 6 heteroatoms. The predicted octanol–water partition coefficient (Wildman–Crippen LogP) is 4.64. The van der Waals surface area contributed by atoms with E-state index >= 15 is 0 Å². The van der Waals surface area contributed by atoms with Crippen LogP contribution >= 0.6 is 23.4 Å². The van der Waals surface area contributed by atoms with Gasteiger partial charge < -0.3 is 14.9 Å². The number of rotatable bonds is 4. The molecule has 0 aliphatic carbocycles. The number of thioether (sulfide) groups is 1. The van der Waals surface area contributed by atoms with Crippen LogP contribution in [0.25, 0.3) is 10.8 Å². The largest absolute Gasteiger partial charge is 0.508 e. The summed E-state index contributed by atoms with van der Waals surface area (Å²) in [6.07, 6.45) is 0. The Balaban J connectivity index is 1.37. The minimum absolute atomic E-state index is 0.143. The number of phenolic OH excluding ortho intramolecular Hbond substituents is 1. The monoisotopic (exact) mass is 412 g/mol. The van der Waals surface area contributed by atoms with Crippen LogP contribution in [0.4, 0.5) is 5.69 Å². The maximum atomic E-state index is 12.7. The van der Waals surface area contributed by atoms with E-state index in [0.29, 0.717) is 23.9 Å². The highest BCUT2D eigenvalue weighted by Gasteiger charge is 2.21. The smallest absolute Gasteiger partial charge is 0.233 e. The molecule has 0 unspecified atom stereocenters. The first-order valence-corrected chi connectivity index (χ1v) is 10.6. The van der Waals surface area contributed by atoms with Crippen molar-refractivity contribution < 1.29 is 9.90 Å². The van der Waals surface area contributed by atoms with Gasteiger partial charge >= 0.3 is 0 Å². The minimum atomic E-state index is 0.143. The number of carbonyl (C=O) groups excluding carboxylic acids is 1.